The molecule has 0 radical (unpaired) electrons. The molecule has 6 nitrogen and oxygen atoms in total. The van der Waals surface area contributed by atoms with Crippen molar-refractivity contribution in [2.75, 3.05) is 41.0 Å². The summed E-state index contributed by atoms with van der Waals surface area (Å²) < 4.78 is 16.1. The summed E-state index contributed by atoms with van der Waals surface area (Å²) in [7, 11) is 4.70. The molecule has 1 atom stereocenters. The van der Waals surface area contributed by atoms with E-state index in [9.17, 15) is 4.79 Å². The molecule has 0 fully saturated rings. The lowest BCUT2D eigenvalue weighted by Gasteiger charge is -2.23. The molecule has 6 heteroatoms. The Morgan fingerprint density at radius 3 is 1.96 bits per heavy atom. The maximum absolute atomic E-state index is 12.4. The number of benzene rings is 1. The van der Waals surface area contributed by atoms with E-state index in [4.69, 9.17) is 19.9 Å². The molecule has 0 aliphatic rings. The summed E-state index contributed by atoms with van der Waals surface area (Å²) in [5.74, 6) is 1.66. The molecule has 0 heterocycles. The number of carbonyl (C=O) groups excluding carboxylic acids is 1. The number of carbonyl (C=O) groups is 1. The van der Waals surface area contributed by atoms with E-state index in [1.807, 2.05) is 26.0 Å². The molecule has 1 rings (SSSR count). The highest BCUT2D eigenvalue weighted by molar-refractivity contribution is 5.77. The summed E-state index contributed by atoms with van der Waals surface area (Å²) in [6, 6.07) is 3.71. The van der Waals surface area contributed by atoms with Crippen LogP contribution in [0.15, 0.2) is 12.1 Å². The number of amides is 1. The first-order valence-corrected chi connectivity index (χ1v) is 7.83. The van der Waals surface area contributed by atoms with Crippen LogP contribution in [0.25, 0.3) is 0 Å². The van der Waals surface area contributed by atoms with Gasteiger partial charge in [0.15, 0.2) is 11.5 Å². The van der Waals surface area contributed by atoms with Crippen molar-refractivity contribution in [2.45, 2.75) is 26.2 Å². The first-order chi connectivity index (χ1) is 11.1. The highest BCUT2D eigenvalue weighted by Crippen LogP contribution is 2.40. The van der Waals surface area contributed by atoms with Gasteiger partial charge in [-0.15, -0.1) is 0 Å². The van der Waals surface area contributed by atoms with Crippen molar-refractivity contribution in [3.63, 3.8) is 0 Å². The molecule has 23 heavy (non-hydrogen) atoms. The van der Waals surface area contributed by atoms with Crippen molar-refractivity contribution in [3.8, 4) is 17.2 Å². The van der Waals surface area contributed by atoms with Crippen LogP contribution in [-0.2, 0) is 4.79 Å². The van der Waals surface area contributed by atoms with E-state index in [2.05, 4.69) is 0 Å². The van der Waals surface area contributed by atoms with E-state index in [0.717, 1.165) is 5.56 Å². The molecule has 1 aromatic carbocycles. The van der Waals surface area contributed by atoms with E-state index < -0.39 is 0 Å². The zero-order chi connectivity index (χ0) is 17.4. The zero-order valence-electron chi connectivity index (χ0n) is 14.7. The van der Waals surface area contributed by atoms with E-state index >= 15 is 0 Å². The third-order valence-electron chi connectivity index (χ3n) is 3.98. The van der Waals surface area contributed by atoms with Gasteiger partial charge in [-0.2, -0.15) is 0 Å². The molecule has 0 bridgehead atoms. The molecular formula is C17H28N2O4. The minimum absolute atomic E-state index is 0.0965. The van der Waals surface area contributed by atoms with E-state index in [0.29, 0.717) is 43.3 Å². The largest absolute Gasteiger partial charge is 0.493 e. The van der Waals surface area contributed by atoms with Crippen molar-refractivity contribution in [2.24, 2.45) is 5.73 Å². The number of hydrogen-bond donors (Lipinski definition) is 1. The Kier molecular flexibility index (Phi) is 7.68. The maximum atomic E-state index is 12.4. The van der Waals surface area contributed by atoms with Crippen LogP contribution in [0, 0.1) is 0 Å². The Morgan fingerprint density at radius 1 is 1.09 bits per heavy atom. The Labute approximate surface area is 138 Å². The van der Waals surface area contributed by atoms with Gasteiger partial charge in [0.2, 0.25) is 11.7 Å². The van der Waals surface area contributed by atoms with Gasteiger partial charge in [-0.05, 0) is 38.1 Å². The van der Waals surface area contributed by atoms with Crippen LogP contribution in [0.1, 0.15) is 31.7 Å². The molecule has 0 aromatic heterocycles. The smallest absolute Gasteiger partial charge is 0.223 e. The highest BCUT2D eigenvalue weighted by atomic mass is 16.5. The lowest BCUT2D eigenvalue weighted by Crippen LogP contribution is -2.32. The van der Waals surface area contributed by atoms with E-state index in [1.165, 1.54) is 0 Å². The lowest BCUT2D eigenvalue weighted by molar-refractivity contribution is -0.131. The second-order valence-corrected chi connectivity index (χ2v) is 5.16. The average Bonchev–Trinajstić information content (AvgIpc) is 2.59. The van der Waals surface area contributed by atoms with Gasteiger partial charge in [-0.3, -0.25) is 4.79 Å². The molecule has 1 amide bonds. The van der Waals surface area contributed by atoms with Crippen LogP contribution >= 0.6 is 0 Å². The third-order valence-corrected chi connectivity index (χ3v) is 3.98. The quantitative estimate of drug-likeness (QED) is 0.752. The van der Waals surface area contributed by atoms with Crippen molar-refractivity contribution >= 4 is 5.91 Å². The topological polar surface area (TPSA) is 74.0 Å². The number of rotatable bonds is 9. The molecule has 0 aliphatic carbocycles. The fraction of sp³-hybridized carbons (Fsp3) is 0.588. The van der Waals surface area contributed by atoms with Crippen LogP contribution in [-0.4, -0.2) is 51.8 Å². The SMILES string of the molecule is CCN(CC)C(=O)CC(CN)c1cc(OC)c(OC)c(OC)c1. The molecule has 1 aromatic rings. The number of ether oxygens (including phenoxy) is 3. The molecule has 0 spiro atoms. The van der Waals surface area contributed by atoms with Gasteiger partial charge in [0.05, 0.1) is 21.3 Å². The van der Waals surface area contributed by atoms with Gasteiger partial charge in [0.25, 0.3) is 0 Å². The van der Waals surface area contributed by atoms with Crippen LogP contribution in [0.4, 0.5) is 0 Å². The van der Waals surface area contributed by atoms with Crippen molar-refractivity contribution in [1.29, 1.82) is 0 Å². The Bertz CT molecular complexity index is 490. The fourth-order valence-corrected chi connectivity index (χ4v) is 2.59. The average molecular weight is 324 g/mol. The molecule has 2 N–H and O–H groups in total. The molecule has 1 unspecified atom stereocenters. The second-order valence-electron chi connectivity index (χ2n) is 5.16. The normalized spacial score (nSPS) is 11.7. The summed E-state index contributed by atoms with van der Waals surface area (Å²) in [5.41, 5.74) is 6.81. The molecular weight excluding hydrogens is 296 g/mol. The fourth-order valence-electron chi connectivity index (χ4n) is 2.59. The number of methoxy groups -OCH3 is 3. The number of nitrogens with two attached hydrogens (primary N) is 1. The standard InChI is InChI=1S/C17H28N2O4/c1-6-19(7-2)16(20)10-13(11-18)12-8-14(21-3)17(23-5)15(9-12)22-4/h8-9,13H,6-7,10-11,18H2,1-5H3. The van der Waals surface area contributed by atoms with Gasteiger partial charge in [-0.1, -0.05) is 0 Å². The monoisotopic (exact) mass is 324 g/mol. The highest BCUT2D eigenvalue weighted by Gasteiger charge is 2.22. The van der Waals surface area contributed by atoms with E-state index in [-0.39, 0.29) is 11.8 Å². The van der Waals surface area contributed by atoms with Crippen LogP contribution in [0.3, 0.4) is 0 Å². The Balaban J connectivity index is 3.13. The van der Waals surface area contributed by atoms with Gasteiger partial charge >= 0.3 is 0 Å². The summed E-state index contributed by atoms with van der Waals surface area (Å²) in [5, 5.41) is 0. The lowest BCUT2D eigenvalue weighted by atomic mass is 9.94. The van der Waals surface area contributed by atoms with Crippen molar-refractivity contribution < 1.29 is 19.0 Å². The van der Waals surface area contributed by atoms with Gasteiger partial charge in [0, 0.05) is 25.4 Å². The third kappa shape index (κ3) is 4.51. The zero-order valence-corrected chi connectivity index (χ0v) is 14.7. The first-order valence-electron chi connectivity index (χ1n) is 7.83. The second kappa shape index (κ2) is 9.25. The van der Waals surface area contributed by atoms with Crippen LogP contribution in [0.2, 0.25) is 0 Å². The Hall–Kier alpha value is -1.95. The first kappa shape index (κ1) is 19.1. The van der Waals surface area contributed by atoms with Crippen LogP contribution < -0.4 is 19.9 Å². The van der Waals surface area contributed by atoms with E-state index in [1.54, 1.807) is 26.2 Å². The molecule has 130 valence electrons. The summed E-state index contributed by atoms with van der Waals surface area (Å²) >= 11 is 0. The predicted molar refractivity (Wildman–Crippen MR) is 90.4 cm³/mol. The molecule has 0 saturated heterocycles. The molecule has 0 aliphatic heterocycles. The minimum Gasteiger partial charge on any atom is -0.493 e. The minimum atomic E-state index is -0.100. The number of hydrogen-bond acceptors (Lipinski definition) is 5. The van der Waals surface area contributed by atoms with Crippen molar-refractivity contribution in [1.82, 2.24) is 4.90 Å². The Morgan fingerprint density at radius 2 is 1.61 bits per heavy atom. The maximum Gasteiger partial charge on any atom is 0.223 e. The summed E-state index contributed by atoms with van der Waals surface area (Å²) in [4.78, 5) is 14.2. The van der Waals surface area contributed by atoms with Crippen molar-refractivity contribution in [3.05, 3.63) is 17.7 Å². The summed E-state index contributed by atoms with van der Waals surface area (Å²) in [6.45, 7) is 5.70. The van der Waals surface area contributed by atoms with Gasteiger partial charge in [-0.25, -0.2) is 0 Å². The molecule has 0 saturated carbocycles. The number of nitrogens with zero attached hydrogens (tertiary/aromatic N) is 1. The summed E-state index contributed by atoms with van der Waals surface area (Å²) in [6.07, 6.45) is 0.358. The predicted octanol–water partition coefficient (Wildman–Crippen LogP) is 2.01. The van der Waals surface area contributed by atoms with Gasteiger partial charge in [0.1, 0.15) is 0 Å². The van der Waals surface area contributed by atoms with Crippen LogP contribution in [0.5, 0.6) is 17.2 Å². The van der Waals surface area contributed by atoms with Gasteiger partial charge < -0.3 is 24.8 Å².